The average Bonchev–Trinajstić information content (AvgIpc) is 2.62. The number of oxime groups is 1. The Hall–Kier alpha value is -2.13. The van der Waals surface area contributed by atoms with Gasteiger partial charge in [-0.1, -0.05) is 105 Å². The maximum absolute atomic E-state index is 10.1. The van der Waals surface area contributed by atoms with Gasteiger partial charge >= 0.3 is 0 Å². The molecule has 0 aliphatic carbocycles. The van der Waals surface area contributed by atoms with Gasteiger partial charge in [-0.25, -0.2) is 0 Å². The van der Waals surface area contributed by atoms with Crippen LogP contribution < -0.4 is 0 Å². The molecule has 0 saturated heterocycles. The van der Waals surface area contributed by atoms with E-state index in [1.54, 1.807) is 24.3 Å². The van der Waals surface area contributed by atoms with E-state index in [0.29, 0.717) is 11.1 Å². The molecule has 0 aliphatic heterocycles. The van der Waals surface area contributed by atoms with Gasteiger partial charge in [0.2, 0.25) is 0 Å². The molecule has 0 bridgehead atoms. The number of aliphatic hydroxyl groups excluding tert-OH is 1. The first-order chi connectivity index (χ1) is 11.2. The van der Waals surface area contributed by atoms with E-state index in [4.69, 9.17) is 5.21 Å². The van der Waals surface area contributed by atoms with Crippen molar-refractivity contribution in [2.75, 3.05) is 0 Å². The van der Waals surface area contributed by atoms with Crippen LogP contribution in [0, 0.1) is 0 Å². The summed E-state index contributed by atoms with van der Waals surface area (Å²) in [6, 6.07) is 18.2. The molecule has 3 nitrogen and oxygen atoms in total. The highest BCUT2D eigenvalue weighted by Gasteiger charge is 2.17. The summed E-state index contributed by atoms with van der Waals surface area (Å²) >= 11 is 0. The fourth-order valence-corrected chi connectivity index (χ4v) is 2.17. The Morgan fingerprint density at radius 3 is 1.78 bits per heavy atom. The lowest BCUT2D eigenvalue weighted by molar-refractivity contribution is 0.235. The maximum atomic E-state index is 10.1. The Balaban J connectivity index is 0.000000379. The van der Waals surface area contributed by atoms with Gasteiger partial charge in [0.05, 0.1) is 0 Å². The number of nitrogens with zero attached hydrogens (tertiary/aromatic N) is 1. The fraction of sp³-hybridized carbons (Fsp3) is 0.350. The molecule has 1 atom stereocenters. The monoisotopic (exact) mass is 313 g/mol. The van der Waals surface area contributed by atoms with Gasteiger partial charge < -0.3 is 10.3 Å². The van der Waals surface area contributed by atoms with Crippen molar-refractivity contribution in [2.45, 2.75) is 45.6 Å². The Morgan fingerprint density at radius 1 is 0.870 bits per heavy atom. The molecular formula is C20H27NO2. The van der Waals surface area contributed by atoms with Crippen LogP contribution in [0.3, 0.4) is 0 Å². The van der Waals surface area contributed by atoms with Crippen molar-refractivity contribution in [2.24, 2.45) is 5.16 Å². The molecule has 0 amide bonds. The van der Waals surface area contributed by atoms with Gasteiger partial charge in [-0.05, 0) is 5.56 Å². The lowest BCUT2D eigenvalue weighted by Crippen LogP contribution is -2.13. The van der Waals surface area contributed by atoms with Crippen LogP contribution in [0.4, 0.5) is 0 Å². The minimum absolute atomic E-state index is 0.247. The second kappa shape index (κ2) is 11.4. The molecule has 2 aromatic rings. The molecule has 0 fully saturated rings. The van der Waals surface area contributed by atoms with Crippen molar-refractivity contribution in [1.82, 2.24) is 0 Å². The van der Waals surface area contributed by atoms with Crippen molar-refractivity contribution in [3.05, 3.63) is 71.8 Å². The van der Waals surface area contributed by atoms with E-state index < -0.39 is 6.10 Å². The SMILES string of the molecule is CCCCCC.ON=C(c1ccccc1)C(O)c1ccccc1. The topological polar surface area (TPSA) is 52.8 Å². The zero-order chi connectivity index (χ0) is 16.9. The first-order valence-electron chi connectivity index (χ1n) is 8.24. The van der Waals surface area contributed by atoms with Crippen LogP contribution in [0.2, 0.25) is 0 Å². The highest BCUT2D eigenvalue weighted by molar-refractivity contribution is 6.03. The quantitative estimate of drug-likeness (QED) is 0.334. The minimum Gasteiger partial charge on any atom is -0.411 e. The lowest BCUT2D eigenvalue weighted by Gasteiger charge is -2.12. The number of unbranched alkanes of at least 4 members (excludes halogenated alkanes) is 3. The fourth-order valence-electron chi connectivity index (χ4n) is 2.17. The molecule has 2 rings (SSSR count). The van der Waals surface area contributed by atoms with Crippen molar-refractivity contribution in [3.8, 4) is 0 Å². The molecule has 3 heteroatoms. The van der Waals surface area contributed by atoms with E-state index in [0.717, 1.165) is 0 Å². The van der Waals surface area contributed by atoms with Crippen molar-refractivity contribution >= 4 is 5.71 Å². The summed E-state index contributed by atoms with van der Waals surface area (Å²) in [5.41, 5.74) is 1.65. The molecule has 0 aromatic heterocycles. The average molecular weight is 313 g/mol. The number of hydrogen-bond acceptors (Lipinski definition) is 3. The summed E-state index contributed by atoms with van der Waals surface area (Å²) in [5, 5.41) is 22.4. The molecular weight excluding hydrogens is 286 g/mol. The lowest BCUT2D eigenvalue weighted by atomic mass is 9.99. The van der Waals surface area contributed by atoms with Crippen LogP contribution >= 0.6 is 0 Å². The van der Waals surface area contributed by atoms with Gasteiger partial charge in [0.1, 0.15) is 11.8 Å². The van der Waals surface area contributed by atoms with Gasteiger partial charge in [0.25, 0.3) is 0 Å². The molecule has 0 aliphatic rings. The van der Waals surface area contributed by atoms with E-state index in [1.807, 2.05) is 36.4 Å². The van der Waals surface area contributed by atoms with Gasteiger partial charge in [0.15, 0.2) is 0 Å². The first-order valence-corrected chi connectivity index (χ1v) is 8.24. The molecule has 124 valence electrons. The molecule has 0 spiro atoms. The Bertz CT molecular complexity index is 548. The predicted molar refractivity (Wildman–Crippen MR) is 96.0 cm³/mol. The maximum Gasteiger partial charge on any atom is 0.125 e. The summed E-state index contributed by atoms with van der Waals surface area (Å²) in [6.07, 6.45) is 4.61. The third-order valence-electron chi connectivity index (χ3n) is 3.51. The van der Waals surface area contributed by atoms with Gasteiger partial charge in [-0.15, -0.1) is 0 Å². The summed E-state index contributed by atoms with van der Waals surface area (Å²) in [6.45, 7) is 4.46. The molecule has 0 heterocycles. The van der Waals surface area contributed by atoms with Gasteiger partial charge in [0, 0.05) is 5.56 Å². The smallest absolute Gasteiger partial charge is 0.125 e. The zero-order valence-electron chi connectivity index (χ0n) is 14.0. The van der Waals surface area contributed by atoms with Crippen molar-refractivity contribution in [3.63, 3.8) is 0 Å². The van der Waals surface area contributed by atoms with Crippen molar-refractivity contribution in [1.29, 1.82) is 0 Å². The van der Waals surface area contributed by atoms with Crippen LogP contribution in [-0.4, -0.2) is 16.0 Å². The highest BCUT2D eigenvalue weighted by atomic mass is 16.4. The van der Waals surface area contributed by atoms with E-state index >= 15 is 0 Å². The van der Waals surface area contributed by atoms with E-state index in [-0.39, 0.29) is 5.71 Å². The Morgan fingerprint density at radius 2 is 1.35 bits per heavy atom. The molecule has 0 saturated carbocycles. The van der Waals surface area contributed by atoms with Crippen LogP contribution in [0.15, 0.2) is 65.8 Å². The third-order valence-corrected chi connectivity index (χ3v) is 3.51. The predicted octanol–water partition coefficient (Wildman–Crippen LogP) is 5.19. The highest BCUT2D eigenvalue weighted by Crippen LogP contribution is 2.18. The van der Waals surface area contributed by atoms with E-state index in [2.05, 4.69) is 19.0 Å². The second-order valence-electron chi connectivity index (χ2n) is 5.37. The van der Waals surface area contributed by atoms with Gasteiger partial charge in [-0.2, -0.15) is 0 Å². The Kier molecular flexibility index (Phi) is 9.41. The molecule has 2 N–H and O–H groups in total. The van der Waals surface area contributed by atoms with Crippen LogP contribution in [0.5, 0.6) is 0 Å². The summed E-state index contributed by atoms with van der Waals surface area (Å²) in [7, 11) is 0. The molecule has 1 unspecified atom stereocenters. The van der Waals surface area contributed by atoms with Crippen molar-refractivity contribution < 1.29 is 10.3 Å². The summed E-state index contributed by atoms with van der Waals surface area (Å²) < 4.78 is 0. The van der Waals surface area contributed by atoms with Crippen LogP contribution in [0.1, 0.15) is 56.8 Å². The normalized spacial score (nSPS) is 12.2. The summed E-state index contributed by atoms with van der Waals surface area (Å²) in [5.74, 6) is 0. The number of rotatable bonds is 6. The van der Waals surface area contributed by atoms with Gasteiger partial charge in [-0.3, -0.25) is 0 Å². The number of benzene rings is 2. The molecule has 2 aromatic carbocycles. The largest absolute Gasteiger partial charge is 0.411 e. The first kappa shape index (κ1) is 18.9. The van der Waals surface area contributed by atoms with Crippen LogP contribution in [0.25, 0.3) is 0 Å². The minimum atomic E-state index is -0.927. The third kappa shape index (κ3) is 6.66. The molecule has 0 radical (unpaired) electrons. The van der Waals surface area contributed by atoms with E-state index in [1.165, 1.54) is 25.7 Å². The number of hydrogen-bond donors (Lipinski definition) is 2. The second-order valence-corrected chi connectivity index (χ2v) is 5.37. The summed E-state index contributed by atoms with van der Waals surface area (Å²) in [4.78, 5) is 0. The Labute approximate surface area is 139 Å². The number of aliphatic hydroxyl groups is 1. The molecule has 23 heavy (non-hydrogen) atoms. The van der Waals surface area contributed by atoms with Crippen LogP contribution in [-0.2, 0) is 0 Å². The standard InChI is InChI=1S/C14H13NO2.C6H14/c16-14(12-9-5-2-6-10-12)13(15-17)11-7-3-1-4-8-11;1-3-5-6-4-2/h1-10,14,16-17H;3-6H2,1-2H3. The van der Waals surface area contributed by atoms with E-state index in [9.17, 15) is 5.11 Å². The zero-order valence-corrected chi connectivity index (χ0v) is 14.0.